The molecule has 0 saturated heterocycles. The van der Waals surface area contributed by atoms with Crippen LogP contribution in [0, 0.1) is 11.8 Å². The van der Waals surface area contributed by atoms with E-state index in [0.29, 0.717) is 25.0 Å². The standard InChI is InChI=1S/C24H31ClN2O3/c1-4-26(5-2)11-12-27-21(16-9-7-6-8-10-16)20-22(28)17-14-18(25)15(3)13-19(17)30-23(20)24(27)29/h6-10,15,17-19,21H,4-5,11-14H2,1-3H3. The largest absolute Gasteiger partial charge is 0.483 e. The highest BCUT2D eigenvalue weighted by Gasteiger charge is 2.53. The first-order valence-electron chi connectivity index (χ1n) is 11.1. The second-order valence-electron chi connectivity index (χ2n) is 8.67. The van der Waals surface area contributed by atoms with Crippen LogP contribution in [-0.2, 0) is 14.3 Å². The van der Waals surface area contributed by atoms with Crippen molar-refractivity contribution in [2.45, 2.75) is 51.1 Å². The van der Waals surface area contributed by atoms with E-state index in [0.717, 1.165) is 25.2 Å². The fourth-order valence-electron chi connectivity index (χ4n) is 5.07. The highest BCUT2D eigenvalue weighted by Crippen LogP contribution is 2.48. The van der Waals surface area contributed by atoms with Gasteiger partial charge in [-0.15, -0.1) is 11.6 Å². The van der Waals surface area contributed by atoms with Crippen molar-refractivity contribution in [1.29, 1.82) is 0 Å². The molecular formula is C24H31ClN2O3. The predicted octanol–water partition coefficient (Wildman–Crippen LogP) is 3.79. The summed E-state index contributed by atoms with van der Waals surface area (Å²) in [7, 11) is 0. The third-order valence-electron chi connectivity index (χ3n) is 6.97. The van der Waals surface area contributed by atoms with Crippen molar-refractivity contribution in [2.24, 2.45) is 11.8 Å². The lowest BCUT2D eigenvalue weighted by Gasteiger charge is -2.40. The molecule has 1 amide bonds. The number of likely N-dealkylation sites (N-methyl/N-ethyl adjacent to an activating group) is 1. The van der Waals surface area contributed by atoms with Gasteiger partial charge in [-0.25, -0.2) is 0 Å². The quantitative estimate of drug-likeness (QED) is 0.644. The maximum absolute atomic E-state index is 13.6. The van der Waals surface area contributed by atoms with Crippen LogP contribution in [0.2, 0.25) is 0 Å². The molecule has 1 fully saturated rings. The van der Waals surface area contributed by atoms with E-state index in [1.165, 1.54) is 0 Å². The van der Waals surface area contributed by atoms with Gasteiger partial charge in [0, 0.05) is 18.5 Å². The van der Waals surface area contributed by atoms with E-state index in [2.05, 4.69) is 25.7 Å². The molecule has 1 aromatic rings. The Morgan fingerprint density at radius 3 is 2.50 bits per heavy atom. The van der Waals surface area contributed by atoms with Crippen molar-refractivity contribution in [3.05, 3.63) is 47.2 Å². The Morgan fingerprint density at radius 1 is 1.13 bits per heavy atom. The maximum atomic E-state index is 13.6. The smallest absolute Gasteiger partial charge is 0.290 e. The number of ether oxygens (including phenoxy) is 1. The first-order chi connectivity index (χ1) is 14.5. The lowest BCUT2D eigenvalue weighted by atomic mass is 9.74. The molecule has 1 saturated carbocycles. The van der Waals surface area contributed by atoms with Crippen LogP contribution in [0.3, 0.4) is 0 Å². The number of fused-ring (bicyclic) bond motifs is 1. The number of ketones is 1. The van der Waals surface area contributed by atoms with E-state index < -0.39 is 0 Å². The number of rotatable bonds is 6. The van der Waals surface area contributed by atoms with Gasteiger partial charge in [-0.05, 0) is 37.4 Å². The molecule has 0 N–H and O–H groups in total. The number of hydrogen-bond donors (Lipinski definition) is 0. The number of amides is 1. The first kappa shape index (κ1) is 21.4. The van der Waals surface area contributed by atoms with E-state index in [9.17, 15) is 9.59 Å². The average Bonchev–Trinajstić information content (AvgIpc) is 3.03. The van der Waals surface area contributed by atoms with Gasteiger partial charge in [0.1, 0.15) is 6.10 Å². The van der Waals surface area contributed by atoms with E-state index in [1.807, 2.05) is 35.2 Å². The third-order valence-corrected chi connectivity index (χ3v) is 7.58. The van der Waals surface area contributed by atoms with Crippen LogP contribution in [0.5, 0.6) is 0 Å². The van der Waals surface area contributed by atoms with E-state index in [-0.39, 0.29) is 46.8 Å². The summed E-state index contributed by atoms with van der Waals surface area (Å²) in [6.45, 7) is 9.51. The number of hydrogen-bond acceptors (Lipinski definition) is 4. The molecular weight excluding hydrogens is 400 g/mol. The Labute approximate surface area is 184 Å². The molecule has 0 bridgehead atoms. The fourth-order valence-corrected chi connectivity index (χ4v) is 5.36. The Hall–Kier alpha value is -1.85. The zero-order valence-electron chi connectivity index (χ0n) is 18.0. The van der Waals surface area contributed by atoms with E-state index in [1.54, 1.807) is 0 Å². The molecule has 0 radical (unpaired) electrons. The lowest BCUT2D eigenvalue weighted by Crippen LogP contribution is -2.44. The summed E-state index contributed by atoms with van der Waals surface area (Å²) in [4.78, 5) is 31.2. The minimum Gasteiger partial charge on any atom is -0.483 e. The zero-order chi connectivity index (χ0) is 21.4. The number of alkyl halides is 1. The van der Waals surface area contributed by atoms with Crippen molar-refractivity contribution >= 4 is 23.3 Å². The Kier molecular flexibility index (Phi) is 6.21. The van der Waals surface area contributed by atoms with Gasteiger partial charge in [-0.3, -0.25) is 9.59 Å². The summed E-state index contributed by atoms with van der Waals surface area (Å²) < 4.78 is 6.25. The van der Waals surface area contributed by atoms with Crippen molar-refractivity contribution in [2.75, 3.05) is 26.2 Å². The van der Waals surface area contributed by atoms with Gasteiger partial charge in [0.2, 0.25) is 0 Å². The summed E-state index contributed by atoms with van der Waals surface area (Å²) in [6.07, 6.45) is 1.08. The van der Waals surface area contributed by atoms with Gasteiger partial charge < -0.3 is 14.5 Å². The fraction of sp³-hybridized carbons (Fsp3) is 0.583. The molecule has 2 heterocycles. The first-order valence-corrected chi connectivity index (χ1v) is 11.6. The van der Waals surface area contributed by atoms with Crippen LogP contribution >= 0.6 is 11.6 Å². The average molecular weight is 431 g/mol. The Balaban J connectivity index is 1.69. The van der Waals surface area contributed by atoms with Gasteiger partial charge in [0.15, 0.2) is 11.5 Å². The number of nitrogens with zero attached hydrogens (tertiary/aromatic N) is 2. The molecule has 6 heteroatoms. The molecule has 0 spiro atoms. The maximum Gasteiger partial charge on any atom is 0.290 e. The molecule has 5 unspecified atom stereocenters. The Bertz CT molecular complexity index is 836. The number of carbonyl (C=O) groups is 2. The van der Waals surface area contributed by atoms with E-state index >= 15 is 0 Å². The second-order valence-corrected chi connectivity index (χ2v) is 9.23. The molecule has 3 aliphatic rings. The number of carbonyl (C=O) groups excluding carboxylic acids is 2. The van der Waals surface area contributed by atoms with Crippen LogP contribution in [0.1, 0.15) is 45.2 Å². The molecule has 2 aliphatic heterocycles. The highest BCUT2D eigenvalue weighted by atomic mass is 35.5. The summed E-state index contributed by atoms with van der Waals surface area (Å²) in [5, 5.41) is -0.0352. The van der Waals surface area contributed by atoms with Crippen molar-refractivity contribution in [3.63, 3.8) is 0 Å². The van der Waals surface area contributed by atoms with Gasteiger partial charge in [-0.2, -0.15) is 0 Å². The van der Waals surface area contributed by atoms with Gasteiger partial charge in [0.05, 0.1) is 17.5 Å². The van der Waals surface area contributed by atoms with Gasteiger partial charge in [-0.1, -0.05) is 51.1 Å². The lowest BCUT2D eigenvalue weighted by molar-refractivity contribution is -0.136. The third kappa shape index (κ3) is 3.67. The molecule has 162 valence electrons. The number of benzene rings is 1. The SMILES string of the molecule is CCN(CC)CCN1C(=O)C2=C(C(=O)C3CC(Cl)C(C)CC3O2)C1c1ccccc1. The van der Waals surface area contributed by atoms with Crippen LogP contribution < -0.4 is 0 Å². The van der Waals surface area contributed by atoms with Crippen LogP contribution in [0.4, 0.5) is 0 Å². The van der Waals surface area contributed by atoms with Crippen molar-refractivity contribution in [1.82, 2.24) is 9.80 Å². The summed E-state index contributed by atoms with van der Waals surface area (Å²) in [5.74, 6) is 0.173. The van der Waals surface area contributed by atoms with Crippen LogP contribution in [-0.4, -0.2) is 59.2 Å². The van der Waals surface area contributed by atoms with Crippen LogP contribution in [0.25, 0.3) is 0 Å². The molecule has 0 aromatic heterocycles. The van der Waals surface area contributed by atoms with Gasteiger partial charge in [0.25, 0.3) is 5.91 Å². The number of halogens is 1. The van der Waals surface area contributed by atoms with Crippen molar-refractivity contribution in [3.8, 4) is 0 Å². The second kappa shape index (κ2) is 8.72. The summed E-state index contributed by atoms with van der Waals surface area (Å²) in [6, 6.07) is 9.46. The minimum absolute atomic E-state index is 0.0352. The summed E-state index contributed by atoms with van der Waals surface area (Å²) >= 11 is 6.52. The molecule has 5 atom stereocenters. The highest BCUT2D eigenvalue weighted by molar-refractivity contribution is 6.21. The monoisotopic (exact) mass is 430 g/mol. The minimum atomic E-state index is -0.383. The topological polar surface area (TPSA) is 49.9 Å². The normalized spacial score (nSPS) is 31.1. The Morgan fingerprint density at radius 2 is 1.83 bits per heavy atom. The molecule has 4 rings (SSSR count). The molecule has 30 heavy (non-hydrogen) atoms. The van der Waals surface area contributed by atoms with Gasteiger partial charge >= 0.3 is 0 Å². The van der Waals surface area contributed by atoms with E-state index in [4.69, 9.17) is 16.3 Å². The zero-order valence-corrected chi connectivity index (χ0v) is 18.8. The molecule has 5 nitrogen and oxygen atoms in total. The van der Waals surface area contributed by atoms with Crippen LogP contribution in [0.15, 0.2) is 41.7 Å². The molecule has 1 aromatic carbocycles. The number of Topliss-reactive ketones (excluding diaryl/α,β-unsaturated/α-hetero) is 1. The van der Waals surface area contributed by atoms with Crippen molar-refractivity contribution < 1.29 is 14.3 Å². The summed E-state index contributed by atoms with van der Waals surface area (Å²) in [5.41, 5.74) is 1.49. The predicted molar refractivity (Wildman–Crippen MR) is 117 cm³/mol. The molecule has 1 aliphatic carbocycles.